The van der Waals surface area contributed by atoms with Gasteiger partial charge in [-0.1, -0.05) is 0 Å². The fourth-order valence-corrected chi connectivity index (χ4v) is 3.60. The molecule has 1 saturated heterocycles. The van der Waals surface area contributed by atoms with Crippen LogP contribution < -0.4 is 4.74 Å². The Hall–Kier alpha value is -1.34. The van der Waals surface area contributed by atoms with E-state index in [0.717, 1.165) is 5.56 Å². The average Bonchev–Trinajstić information content (AvgIpc) is 2.67. The van der Waals surface area contributed by atoms with Crippen molar-refractivity contribution < 1.29 is 17.9 Å². The van der Waals surface area contributed by atoms with Gasteiger partial charge in [0.2, 0.25) is 20.8 Å². The number of carbonyl (C=O) groups is 1. The molecule has 20 heavy (non-hydrogen) atoms. The van der Waals surface area contributed by atoms with Crippen LogP contribution in [-0.4, -0.2) is 43.6 Å². The van der Waals surface area contributed by atoms with Crippen LogP contribution in [0.4, 0.5) is 0 Å². The van der Waals surface area contributed by atoms with Gasteiger partial charge >= 0.3 is 0 Å². The Balaban J connectivity index is 2.01. The lowest BCUT2D eigenvalue weighted by atomic mass is 10.1. The first-order valence-corrected chi connectivity index (χ1v) is 8.54. The molecule has 1 aromatic heterocycles. The third-order valence-corrected chi connectivity index (χ3v) is 4.36. The van der Waals surface area contributed by atoms with Crippen molar-refractivity contribution in [2.45, 2.75) is 13.0 Å². The Kier molecular flexibility index (Phi) is 4.49. The molecule has 8 heteroatoms. The molecule has 0 aliphatic carbocycles. The van der Waals surface area contributed by atoms with Gasteiger partial charge in [-0.3, -0.25) is 4.79 Å². The van der Waals surface area contributed by atoms with Crippen LogP contribution >= 0.6 is 10.7 Å². The van der Waals surface area contributed by atoms with E-state index in [1.165, 1.54) is 7.11 Å². The first-order chi connectivity index (χ1) is 9.37. The maximum atomic E-state index is 11.9. The SMILES string of the molecule is COc1cc(CN2CC(CS(=O)(=O)Cl)CC2=O)ccn1. The van der Waals surface area contributed by atoms with E-state index in [1.807, 2.05) is 0 Å². The van der Waals surface area contributed by atoms with Crippen molar-refractivity contribution in [2.24, 2.45) is 5.92 Å². The molecule has 0 saturated carbocycles. The first-order valence-electron chi connectivity index (χ1n) is 6.06. The van der Waals surface area contributed by atoms with Crippen LogP contribution in [0.25, 0.3) is 0 Å². The molecule has 0 N–H and O–H groups in total. The maximum Gasteiger partial charge on any atom is 0.232 e. The first kappa shape index (κ1) is 15.1. The third-order valence-electron chi connectivity index (χ3n) is 3.11. The van der Waals surface area contributed by atoms with E-state index < -0.39 is 9.05 Å². The highest BCUT2D eigenvalue weighted by Gasteiger charge is 2.32. The Morgan fingerprint density at radius 1 is 1.55 bits per heavy atom. The molecule has 1 aliphatic heterocycles. The van der Waals surface area contributed by atoms with Crippen molar-refractivity contribution in [3.8, 4) is 5.88 Å². The Morgan fingerprint density at radius 3 is 2.95 bits per heavy atom. The van der Waals surface area contributed by atoms with Gasteiger partial charge in [0, 0.05) is 48.4 Å². The highest BCUT2D eigenvalue weighted by molar-refractivity contribution is 8.13. The van der Waals surface area contributed by atoms with Gasteiger partial charge in [0.15, 0.2) is 0 Å². The Bertz CT molecular complexity index is 605. The number of rotatable bonds is 5. The fraction of sp³-hybridized carbons (Fsp3) is 0.500. The molecule has 1 fully saturated rings. The number of ether oxygens (including phenoxy) is 1. The van der Waals surface area contributed by atoms with Crippen LogP contribution in [0.15, 0.2) is 18.3 Å². The summed E-state index contributed by atoms with van der Waals surface area (Å²) in [6.45, 7) is 0.811. The zero-order chi connectivity index (χ0) is 14.8. The highest BCUT2D eigenvalue weighted by Crippen LogP contribution is 2.23. The molecule has 1 amide bonds. The summed E-state index contributed by atoms with van der Waals surface area (Å²) in [5.74, 6) is 0.00469. The number of halogens is 1. The second-order valence-electron chi connectivity index (χ2n) is 4.76. The molecule has 0 spiro atoms. The van der Waals surface area contributed by atoms with E-state index in [4.69, 9.17) is 15.4 Å². The van der Waals surface area contributed by atoms with Gasteiger partial charge in [0.1, 0.15) is 0 Å². The summed E-state index contributed by atoms with van der Waals surface area (Å²) in [6.07, 6.45) is 1.82. The van der Waals surface area contributed by atoms with Crippen molar-refractivity contribution in [3.05, 3.63) is 23.9 Å². The molecule has 1 unspecified atom stereocenters. The number of hydrogen-bond acceptors (Lipinski definition) is 5. The summed E-state index contributed by atoms with van der Waals surface area (Å²) in [5, 5.41) is 0. The molecule has 0 radical (unpaired) electrons. The molecule has 2 rings (SSSR count). The van der Waals surface area contributed by atoms with Gasteiger partial charge < -0.3 is 9.64 Å². The summed E-state index contributed by atoms with van der Waals surface area (Å²) in [4.78, 5) is 17.5. The van der Waals surface area contributed by atoms with Crippen LogP contribution in [0.1, 0.15) is 12.0 Å². The van der Waals surface area contributed by atoms with Crippen LogP contribution in [0, 0.1) is 5.92 Å². The zero-order valence-electron chi connectivity index (χ0n) is 11.0. The standard InChI is InChI=1S/C12H15ClN2O4S/c1-19-11-4-9(2-3-14-11)6-15-7-10(5-12(15)16)8-20(13,17)18/h2-4,10H,5-8H2,1H3. The molecule has 6 nitrogen and oxygen atoms in total. The number of pyridine rings is 1. The van der Waals surface area contributed by atoms with Crippen LogP contribution in [-0.2, 0) is 20.4 Å². The zero-order valence-corrected chi connectivity index (χ0v) is 12.5. The Labute approximate surface area is 122 Å². The molecule has 1 atom stereocenters. The number of carbonyl (C=O) groups excluding carboxylic acids is 1. The van der Waals surface area contributed by atoms with Gasteiger partial charge in [-0.15, -0.1) is 0 Å². The molecule has 1 aliphatic rings. The van der Waals surface area contributed by atoms with E-state index in [9.17, 15) is 13.2 Å². The number of likely N-dealkylation sites (tertiary alicyclic amines) is 1. The van der Waals surface area contributed by atoms with Crippen molar-refractivity contribution in [2.75, 3.05) is 19.4 Å². The topological polar surface area (TPSA) is 76.6 Å². The third kappa shape index (κ3) is 4.08. The summed E-state index contributed by atoms with van der Waals surface area (Å²) >= 11 is 0. The quantitative estimate of drug-likeness (QED) is 0.757. The van der Waals surface area contributed by atoms with Crippen molar-refractivity contribution in [3.63, 3.8) is 0 Å². The van der Waals surface area contributed by atoms with Crippen LogP contribution in [0.3, 0.4) is 0 Å². The smallest absolute Gasteiger partial charge is 0.232 e. The minimum atomic E-state index is -3.57. The number of aromatic nitrogens is 1. The van der Waals surface area contributed by atoms with Crippen LogP contribution in [0.2, 0.25) is 0 Å². The minimum absolute atomic E-state index is 0.0638. The number of nitrogens with zero attached hydrogens (tertiary/aromatic N) is 2. The fourth-order valence-electron chi connectivity index (χ4n) is 2.28. The van der Waals surface area contributed by atoms with Gasteiger partial charge in [-0.2, -0.15) is 0 Å². The lowest BCUT2D eigenvalue weighted by Crippen LogP contribution is -2.25. The van der Waals surface area contributed by atoms with E-state index in [1.54, 1.807) is 23.2 Å². The van der Waals surface area contributed by atoms with Gasteiger partial charge in [0.05, 0.1) is 12.9 Å². The van der Waals surface area contributed by atoms with Gasteiger partial charge in [0.25, 0.3) is 0 Å². The lowest BCUT2D eigenvalue weighted by Gasteiger charge is -2.16. The summed E-state index contributed by atoms with van der Waals surface area (Å²) in [6, 6.07) is 3.54. The summed E-state index contributed by atoms with van der Waals surface area (Å²) in [7, 11) is 3.17. The predicted octanol–water partition coefficient (Wildman–Crippen LogP) is 1.01. The van der Waals surface area contributed by atoms with Gasteiger partial charge in [-0.05, 0) is 11.6 Å². The lowest BCUT2D eigenvalue weighted by molar-refractivity contribution is -0.128. The van der Waals surface area contributed by atoms with E-state index in [2.05, 4.69) is 4.98 Å². The van der Waals surface area contributed by atoms with E-state index in [-0.39, 0.29) is 24.0 Å². The normalized spacial score (nSPS) is 19.4. The predicted molar refractivity (Wildman–Crippen MR) is 74.0 cm³/mol. The van der Waals surface area contributed by atoms with Gasteiger partial charge in [-0.25, -0.2) is 13.4 Å². The molecule has 0 bridgehead atoms. The molecular formula is C12H15ClN2O4S. The number of methoxy groups -OCH3 is 1. The molecule has 0 aromatic carbocycles. The molecule has 1 aromatic rings. The largest absolute Gasteiger partial charge is 0.481 e. The second kappa shape index (κ2) is 5.97. The summed E-state index contributed by atoms with van der Waals surface area (Å²) < 4.78 is 27.1. The van der Waals surface area contributed by atoms with Crippen molar-refractivity contribution in [1.29, 1.82) is 0 Å². The van der Waals surface area contributed by atoms with E-state index in [0.29, 0.717) is 19.0 Å². The van der Waals surface area contributed by atoms with E-state index >= 15 is 0 Å². The van der Waals surface area contributed by atoms with Crippen molar-refractivity contribution in [1.82, 2.24) is 9.88 Å². The maximum absolute atomic E-state index is 11.9. The molecular weight excluding hydrogens is 304 g/mol. The molecule has 2 heterocycles. The average molecular weight is 319 g/mol. The molecule has 110 valence electrons. The monoisotopic (exact) mass is 318 g/mol. The van der Waals surface area contributed by atoms with Crippen molar-refractivity contribution >= 4 is 25.6 Å². The summed E-state index contributed by atoms with van der Waals surface area (Å²) in [5.41, 5.74) is 0.889. The minimum Gasteiger partial charge on any atom is -0.481 e. The van der Waals surface area contributed by atoms with Crippen LogP contribution in [0.5, 0.6) is 5.88 Å². The Morgan fingerprint density at radius 2 is 2.30 bits per heavy atom. The highest BCUT2D eigenvalue weighted by atomic mass is 35.7. The number of amides is 1. The second-order valence-corrected chi connectivity index (χ2v) is 7.58. The number of hydrogen-bond donors (Lipinski definition) is 0.